The molecule has 0 amide bonds. The summed E-state index contributed by atoms with van der Waals surface area (Å²) in [5.41, 5.74) is 1.68. The Hall–Kier alpha value is -1.61. The number of carbonyl (C=O) groups excluding carboxylic acids is 1. The smallest absolute Gasteiger partial charge is 0.163 e. The Morgan fingerprint density at radius 3 is 2.47 bits per heavy atom. The number of benzene rings is 2. The summed E-state index contributed by atoms with van der Waals surface area (Å²) >= 11 is 3.40. The zero-order valence-electron chi connectivity index (χ0n) is 10.9. The highest BCUT2D eigenvalue weighted by atomic mass is 79.9. The van der Waals surface area contributed by atoms with Crippen molar-refractivity contribution in [2.45, 2.75) is 20.0 Å². The average Bonchev–Trinajstić information content (AvgIpc) is 2.39. The summed E-state index contributed by atoms with van der Waals surface area (Å²) in [6, 6.07) is 15.4. The van der Waals surface area contributed by atoms with E-state index in [-0.39, 0.29) is 11.9 Å². The molecule has 19 heavy (non-hydrogen) atoms. The van der Waals surface area contributed by atoms with Crippen LogP contribution in [0.5, 0.6) is 5.75 Å². The Balaban J connectivity index is 2.28. The molecular formula is C16H15BrO2. The van der Waals surface area contributed by atoms with Crippen LogP contribution in [-0.2, 0) is 0 Å². The van der Waals surface area contributed by atoms with Gasteiger partial charge in [0.05, 0.1) is 5.56 Å². The van der Waals surface area contributed by atoms with Crippen LogP contribution in [0.4, 0.5) is 0 Å². The van der Waals surface area contributed by atoms with Crippen LogP contribution >= 0.6 is 15.9 Å². The highest BCUT2D eigenvalue weighted by Gasteiger charge is 2.13. The monoisotopic (exact) mass is 318 g/mol. The van der Waals surface area contributed by atoms with E-state index in [2.05, 4.69) is 15.9 Å². The Labute approximate surface area is 121 Å². The molecule has 98 valence electrons. The summed E-state index contributed by atoms with van der Waals surface area (Å²) in [5, 5.41) is 0. The molecule has 0 spiro atoms. The first kappa shape index (κ1) is 13.8. The molecule has 0 radical (unpaired) electrons. The molecule has 1 atom stereocenters. The Morgan fingerprint density at radius 1 is 1.16 bits per heavy atom. The van der Waals surface area contributed by atoms with Gasteiger partial charge in [-0.15, -0.1) is 0 Å². The van der Waals surface area contributed by atoms with Gasteiger partial charge in [0.25, 0.3) is 0 Å². The number of hydrogen-bond donors (Lipinski definition) is 0. The predicted molar refractivity (Wildman–Crippen MR) is 79.6 cm³/mol. The average molecular weight is 319 g/mol. The van der Waals surface area contributed by atoms with Crippen LogP contribution < -0.4 is 4.74 Å². The summed E-state index contributed by atoms with van der Waals surface area (Å²) in [7, 11) is 0. The van der Waals surface area contributed by atoms with Crippen LogP contribution in [-0.4, -0.2) is 5.78 Å². The molecule has 2 rings (SSSR count). The standard InChI is InChI=1S/C16H15BrO2/c1-11(18)15-9-8-14(17)10-16(15)19-12(2)13-6-4-3-5-7-13/h3-10,12H,1-2H3. The van der Waals surface area contributed by atoms with E-state index in [0.717, 1.165) is 10.0 Å². The fraction of sp³-hybridized carbons (Fsp3) is 0.188. The van der Waals surface area contributed by atoms with Gasteiger partial charge in [0.1, 0.15) is 11.9 Å². The van der Waals surface area contributed by atoms with Crippen molar-refractivity contribution in [2.24, 2.45) is 0 Å². The molecule has 2 aromatic rings. The number of Topliss-reactive ketones (excluding diaryl/α,β-unsaturated/α-hetero) is 1. The SMILES string of the molecule is CC(=O)c1ccc(Br)cc1OC(C)c1ccccc1. The molecule has 0 N–H and O–H groups in total. The molecule has 0 saturated carbocycles. The number of rotatable bonds is 4. The number of ketones is 1. The zero-order chi connectivity index (χ0) is 13.8. The van der Waals surface area contributed by atoms with E-state index in [4.69, 9.17) is 4.74 Å². The third-order valence-corrected chi connectivity index (χ3v) is 3.39. The summed E-state index contributed by atoms with van der Waals surface area (Å²) < 4.78 is 6.82. The van der Waals surface area contributed by atoms with Gasteiger partial charge in [0, 0.05) is 4.47 Å². The van der Waals surface area contributed by atoms with Crippen molar-refractivity contribution >= 4 is 21.7 Å². The van der Waals surface area contributed by atoms with E-state index in [1.165, 1.54) is 0 Å². The van der Waals surface area contributed by atoms with Crippen molar-refractivity contribution in [3.63, 3.8) is 0 Å². The summed E-state index contributed by atoms with van der Waals surface area (Å²) in [6.45, 7) is 3.52. The van der Waals surface area contributed by atoms with E-state index in [0.29, 0.717) is 11.3 Å². The molecule has 3 heteroatoms. The normalized spacial score (nSPS) is 11.9. The molecular weight excluding hydrogens is 304 g/mol. The van der Waals surface area contributed by atoms with Crippen molar-refractivity contribution in [3.05, 3.63) is 64.1 Å². The summed E-state index contributed by atoms with van der Waals surface area (Å²) in [6.07, 6.45) is -0.103. The van der Waals surface area contributed by atoms with E-state index < -0.39 is 0 Å². The molecule has 2 aromatic carbocycles. The van der Waals surface area contributed by atoms with Gasteiger partial charge in [0.2, 0.25) is 0 Å². The van der Waals surface area contributed by atoms with Gasteiger partial charge in [-0.05, 0) is 37.6 Å². The number of hydrogen-bond acceptors (Lipinski definition) is 2. The molecule has 0 bridgehead atoms. The minimum absolute atomic E-state index is 0.00256. The Bertz CT molecular complexity index is 579. The van der Waals surface area contributed by atoms with Crippen molar-refractivity contribution in [2.75, 3.05) is 0 Å². The minimum atomic E-state index is -0.103. The molecule has 0 aliphatic heterocycles. The molecule has 0 fully saturated rings. The van der Waals surface area contributed by atoms with Crippen LogP contribution in [0.15, 0.2) is 53.0 Å². The fourth-order valence-electron chi connectivity index (χ4n) is 1.87. The van der Waals surface area contributed by atoms with Crippen LogP contribution in [0.2, 0.25) is 0 Å². The lowest BCUT2D eigenvalue weighted by atomic mass is 10.1. The number of halogens is 1. The second-order valence-electron chi connectivity index (χ2n) is 4.37. The van der Waals surface area contributed by atoms with E-state index in [1.54, 1.807) is 13.0 Å². The Morgan fingerprint density at radius 2 is 1.84 bits per heavy atom. The topological polar surface area (TPSA) is 26.3 Å². The van der Waals surface area contributed by atoms with Crippen molar-refractivity contribution < 1.29 is 9.53 Å². The maximum Gasteiger partial charge on any atom is 0.163 e. The molecule has 0 aliphatic carbocycles. The van der Waals surface area contributed by atoms with E-state index in [1.807, 2.05) is 49.4 Å². The van der Waals surface area contributed by atoms with Crippen LogP contribution in [0.3, 0.4) is 0 Å². The molecule has 0 heterocycles. The molecule has 0 saturated heterocycles. The van der Waals surface area contributed by atoms with Crippen molar-refractivity contribution in [1.29, 1.82) is 0 Å². The molecule has 0 aromatic heterocycles. The van der Waals surface area contributed by atoms with E-state index in [9.17, 15) is 4.79 Å². The van der Waals surface area contributed by atoms with Gasteiger partial charge in [-0.2, -0.15) is 0 Å². The van der Waals surface area contributed by atoms with Gasteiger partial charge in [0.15, 0.2) is 5.78 Å². The summed E-state index contributed by atoms with van der Waals surface area (Å²) in [4.78, 5) is 11.6. The molecule has 2 nitrogen and oxygen atoms in total. The van der Waals surface area contributed by atoms with E-state index >= 15 is 0 Å². The quantitative estimate of drug-likeness (QED) is 0.757. The number of carbonyl (C=O) groups is 1. The van der Waals surface area contributed by atoms with Crippen molar-refractivity contribution in [3.8, 4) is 5.75 Å². The first-order chi connectivity index (χ1) is 9.08. The number of ether oxygens (including phenoxy) is 1. The third kappa shape index (κ3) is 3.44. The third-order valence-electron chi connectivity index (χ3n) is 2.90. The highest BCUT2D eigenvalue weighted by Crippen LogP contribution is 2.28. The minimum Gasteiger partial charge on any atom is -0.485 e. The zero-order valence-corrected chi connectivity index (χ0v) is 12.5. The van der Waals surface area contributed by atoms with Gasteiger partial charge in [-0.1, -0.05) is 46.3 Å². The van der Waals surface area contributed by atoms with Crippen LogP contribution in [0.25, 0.3) is 0 Å². The second-order valence-corrected chi connectivity index (χ2v) is 5.28. The fourth-order valence-corrected chi connectivity index (χ4v) is 2.21. The van der Waals surface area contributed by atoms with Gasteiger partial charge >= 0.3 is 0 Å². The predicted octanol–water partition coefficient (Wildman–Crippen LogP) is 4.79. The molecule has 1 unspecified atom stereocenters. The first-order valence-electron chi connectivity index (χ1n) is 6.10. The maximum atomic E-state index is 11.6. The largest absolute Gasteiger partial charge is 0.485 e. The van der Waals surface area contributed by atoms with Crippen LogP contribution in [0.1, 0.15) is 35.9 Å². The van der Waals surface area contributed by atoms with Gasteiger partial charge in [-0.25, -0.2) is 0 Å². The lowest BCUT2D eigenvalue weighted by Crippen LogP contribution is -2.06. The van der Waals surface area contributed by atoms with Gasteiger partial charge < -0.3 is 4.74 Å². The van der Waals surface area contributed by atoms with Crippen molar-refractivity contribution in [1.82, 2.24) is 0 Å². The van der Waals surface area contributed by atoms with Crippen LogP contribution in [0, 0.1) is 0 Å². The molecule has 0 aliphatic rings. The second kappa shape index (κ2) is 6.02. The Kier molecular flexibility index (Phi) is 4.38. The van der Waals surface area contributed by atoms with Gasteiger partial charge in [-0.3, -0.25) is 4.79 Å². The summed E-state index contributed by atoms with van der Waals surface area (Å²) in [5.74, 6) is 0.612. The highest BCUT2D eigenvalue weighted by molar-refractivity contribution is 9.10. The maximum absolute atomic E-state index is 11.6. The lowest BCUT2D eigenvalue weighted by Gasteiger charge is -2.17. The first-order valence-corrected chi connectivity index (χ1v) is 6.89. The lowest BCUT2D eigenvalue weighted by molar-refractivity contribution is 0.101.